The normalized spacial score (nSPS) is 14.3. The fourth-order valence-corrected chi connectivity index (χ4v) is 3.46. The van der Waals surface area contributed by atoms with Crippen molar-refractivity contribution in [2.24, 2.45) is 0 Å². The molecule has 1 heterocycles. The van der Waals surface area contributed by atoms with Gasteiger partial charge in [-0.05, 0) is 60.2 Å². The lowest BCUT2D eigenvalue weighted by Gasteiger charge is -2.14. The number of anilines is 1. The van der Waals surface area contributed by atoms with Gasteiger partial charge in [-0.15, -0.1) is 0 Å². The van der Waals surface area contributed by atoms with E-state index in [0.29, 0.717) is 47.4 Å². The fraction of sp³-hybridized carbons (Fsp3) is 0.154. The number of carbonyl (C=O) groups is 2. The van der Waals surface area contributed by atoms with E-state index in [1.165, 1.54) is 18.2 Å². The average Bonchev–Trinajstić information content (AvgIpc) is 3.14. The first-order chi connectivity index (χ1) is 16.5. The number of nitrogens with zero attached hydrogens (tertiary/aromatic N) is 1. The molecule has 3 aromatic carbocycles. The number of hydrogen-bond donors (Lipinski definition) is 1. The van der Waals surface area contributed by atoms with Gasteiger partial charge in [0.2, 0.25) is 0 Å². The van der Waals surface area contributed by atoms with Crippen LogP contribution in [0.1, 0.15) is 12.0 Å². The molecule has 1 aliphatic heterocycles. The molecule has 0 bridgehead atoms. The number of hydrazine groups is 1. The number of nitrogens with one attached hydrogen (secondary N) is 1. The molecule has 3 aromatic rings. The van der Waals surface area contributed by atoms with Crippen molar-refractivity contribution in [1.29, 1.82) is 0 Å². The van der Waals surface area contributed by atoms with Gasteiger partial charge in [-0.1, -0.05) is 35.9 Å². The number of amides is 2. The highest BCUT2D eigenvalue weighted by Crippen LogP contribution is 2.30. The Kier molecular flexibility index (Phi) is 7.34. The maximum atomic E-state index is 12.8. The second-order valence-electron chi connectivity index (χ2n) is 7.39. The number of para-hydroxylation sites is 1. The first-order valence-corrected chi connectivity index (χ1v) is 11.0. The zero-order valence-electron chi connectivity index (χ0n) is 18.5. The Morgan fingerprint density at radius 3 is 2.38 bits per heavy atom. The minimum absolute atomic E-state index is 0.0407. The van der Waals surface area contributed by atoms with Crippen LogP contribution in [0, 0.1) is 0 Å². The van der Waals surface area contributed by atoms with E-state index < -0.39 is 11.8 Å². The molecule has 0 unspecified atom stereocenters. The second kappa shape index (κ2) is 10.8. The molecule has 0 aliphatic carbocycles. The van der Waals surface area contributed by atoms with E-state index in [1.807, 2.05) is 18.2 Å². The number of carbonyl (C=O) groups excluding carboxylic acids is 2. The number of hydrogen-bond acceptors (Lipinski definition) is 5. The van der Waals surface area contributed by atoms with E-state index in [0.717, 1.165) is 5.75 Å². The standard InChI is InChI=1S/C26H23ClN2O5/c1-32-24-17-18(16-22-25(30)28-29(26(22)31)20-6-3-2-4-7-20)8-13-23(24)34-15-5-14-33-21-11-9-19(27)10-12-21/h2-4,6-13,16-17H,5,14-15H2,1H3,(H,28,30)/b22-16+. The van der Waals surface area contributed by atoms with Crippen molar-refractivity contribution in [1.82, 2.24) is 5.43 Å². The highest BCUT2D eigenvalue weighted by Gasteiger charge is 2.34. The summed E-state index contributed by atoms with van der Waals surface area (Å²) in [7, 11) is 1.54. The number of ether oxygens (including phenoxy) is 3. The molecule has 4 rings (SSSR count). The predicted octanol–water partition coefficient (Wildman–Crippen LogP) is 4.66. The van der Waals surface area contributed by atoms with E-state index in [-0.39, 0.29) is 5.57 Å². The summed E-state index contributed by atoms with van der Waals surface area (Å²) in [4.78, 5) is 25.2. The molecule has 0 atom stereocenters. The molecule has 0 radical (unpaired) electrons. The van der Waals surface area contributed by atoms with Crippen LogP contribution >= 0.6 is 11.6 Å². The summed E-state index contributed by atoms with van der Waals surface area (Å²) in [5.41, 5.74) is 3.86. The Bertz CT molecular complexity index is 1200. The average molecular weight is 479 g/mol. The monoisotopic (exact) mass is 478 g/mol. The summed E-state index contributed by atoms with van der Waals surface area (Å²) in [6.45, 7) is 0.917. The third-order valence-electron chi connectivity index (χ3n) is 5.03. The number of rotatable bonds is 9. The Morgan fingerprint density at radius 1 is 0.912 bits per heavy atom. The molecule has 7 nitrogen and oxygen atoms in total. The second-order valence-corrected chi connectivity index (χ2v) is 7.83. The maximum Gasteiger partial charge on any atom is 0.282 e. The van der Waals surface area contributed by atoms with Crippen molar-refractivity contribution in [2.75, 3.05) is 25.3 Å². The number of benzene rings is 3. The van der Waals surface area contributed by atoms with Gasteiger partial charge in [0, 0.05) is 11.4 Å². The van der Waals surface area contributed by atoms with Gasteiger partial charge in [-0.3, -0.25) is 15.0 Å². The summed E-state index contributed by atoms with van der Waals surface area (Å²) in [6, 6.07) is 21.3. The summed E-state index contributed by atoms with van der Waals surface area (Å²) in [5.74, 6) is 0.920. The molecule has 1 fully saturated rings. The van der Waals surface area contributed by atoms with Gasteiger partial charge in [-0.2, -0.15) is 0 Å². The van der Waals surface area contributed by atoms with Crippen LogP contribution in [0.4, 0.5) is 5.69 Å². The molecule has 1 aliphatic rings. The summed E-state index contributed by atoms with van der Waals surface area (Å²) >= 11 is 5.87. The zero-order chi connectivity index (χ0) is 23.9. The van der Waals surface area contributed by atoms with Crippen LogP contribution in [0.2, 0.25) is 5.02 Å². The first-order valence-electron chi connectivity index (χ1n) is 10.7. The third kappa shape index (κ3) is 5.50. The minimum atomic E-state index is -0.464. The van der Waals surface area contributed by atoms with Gasteiger partial charge in [0.15, 0.2) is 11.5 Å². The first kappa shape index (κ1) is 23.2. The molecule has 174 valence electrons. The van der Waals surface area contributed by atoms with Gasteiger partial charge in [-0.25, -0.2) is 5.01 Å². The number of methoxy groups -OCH3 is 1. The summed E-state index contributed by atoms with van der Waals surface area (Å²) in [5, 5.41) is 1.89. The summed E-state index contributed by atoms with van der Waals surface area (Å²) in [6.07, 6.45) is 2.20. The lowest BCUT2D eigenvalue weighted by Crippen LogP contribution is -2.35. The van der Waals surface area contributed by atoms with Gasteiger partial charge >= 0.3 is 0 Å². The third-order valence-corrected chi connectivity index (χ3v) is 5.29. The molecule has 0 aromatic heterocycles. The van der Waals surface area contributed by atoms with Gasteiger partial charge in [0.25, 0.3) is 11.8 Å². The van der Waals surface area contributed by atoms with E-state index in [9.17, 15) is 9.59 Å². The van der Waals surface area contributed by atoms with Crippen LogP contribution in [0.3, 0.4) is 0 Å². The van der Waals surface area contributed by atoms with E-state index in [4.69, 9.17) is 25.8 Å². The lowest BCUT2D eigenvalue weighted by atomic mass is 10.1. The predicted molar refractivity (Wildman–Crippen MR) is 130 cm³/mol. The molecule has 1 saturated heterocycles. The van der Waals surface area contributed by atoms with Crippen molar-refractivity contribution in [2.45, 2.75) is 6.42 Å². The van der Waals surface area contributed by atoms with Gasteiger partial charge in [0.05, 0.1) is 26.0 Å². The van der Waals surface area contributed by atoms with E-state index >= 15 is 0 Å². The highest BCUT2D eigenvalue weighted by atomic mass is 35.5. The Balaban J connectivity index is 1.37. The zero-order valence-corrected chi connectivity index (χ0v) is 19.2. The van der Waals surface area contributed by atoms with Crippen LogP contribution in [0.25, 0.3) is 6.08 Å². The highest BCUT2D eigenvalue weighted by molar-refractivity contribution is 6.31. The SMILES string of the molecule is COc1cc(/C=C2\C(=O)NN(c3ccccc3)C2=O)ccc1OCCCOc1ccc(Cl)cc1. The van der Waals surface area contributed by atoms with Gasteiger partial charge in [0.1, 0.15) is 11.3 Å². The summed E-state index contributed by atoms with van der Waals surface area (Å²) < 4.78 is 16.9. The quantitative estimate of drug-likeness (QED) is 0.275. The molecular weight excluding hydrogens is 456 g/mol. The van der Waals surface area contributed by atoms with Crippen molar-refractivity contribution in [3.63, 3.8) is 0 Å². The van der Waals surface area contributed by atoms with Crippen molar-refractivity contribution >= 4 is 35.2 Å². The van der Waals surface area contributed by atoms with Crippen LogP contribution in [0.15, 0.2) is 78.4 Å². The van der Waals surface area contributed by atoms with E-state index in [2.05, 4.69) is 5.43 Å². The van der Waals surface area contributed by atoms with Crippen molar-refractivity contribution < 1.29 is 23.8 Å². The molecule has 34 heavy (non-hydrogen) atoms. The van der Waals surface area contributed by atoms with Crippen LogP contribution in [0.5, 0.6) is 17.2 Å². The smallest absolute Gasteiger partial charge is 0.282 e. The van der Waals surface area contributed by atoms with Gasteiger partial charge < -0.3 is 14.2 Å². The largest absolute Gasteiger partial charge is 0.493 e. The van der Waals surface area contributed by atoms with Crippen LogP contribution in [-0.2, 0) is 9.59 Å². The lowest BCUT2D eigenvalue weighted by molar-refractivity contribution is -0.117. The van der Waals surface area contributed by atoms with Crippen molar-refractivity contribution in [3.8, 4) is 17.2 Å². The topological polar surface area (TPSA) is 77.1 Å². The van der Waals surface area contributed by atoms with Crippen LogP contribution in [-0.4, -0.2) is 32.1 Å². The van der Waals surface area contributed by atoms with E-state index in [1.54, 1.807) is 54.6 Å². The number of halogens is 1. The Hall–Kier alpha value is -3.97. The molecule has 0 saturated carbocycles. The van der Waals surface area contributed by atoms with Crippen molar-refractivity contribution in [3.05, 3.63) is 89.0 Å². The fourth-order valence-electron chi connectivity index (χ4n) is 3.34. The molecular formula is C26H23ClN2O5. The van der Waals surface area contributed by atoms with Crippen LogP contribution < -0.4 is 24.6 Å². The Labute approximate surface area is 202 Å². The molecule has 1 N–H and O–H groups in total. The Morgan fingerprint density at radius 2 is 1.65 bits per heavy atom. The minimum Gasteiger partial charge on any atom is -0.493 e. The maximum absolute atomic E-state index is 12.8. The molecule has 8 heteroatoms. The molecule has 2 amide bonds. The molecule has 0 spiro atoms.